The molecule has 0 saturated carbocycles. The fourth-order valence-corrected chi connectivity index (χ4v) is 5.32. The Morgan fingerprint density at radius 1 is 1.23 bits per heavy atom. The van der Waals surface area contributed by atoms with Crippen molar-refractivity contribution in [3.63, 3.8) is 0 Å². The Labute approximate surface area is 180 Å². The third-order valence-electron chi connectivity index (χ3n) is 5.23. The van der Waals surface area contributed by atoms with Gasteiger partial charge in [-0.05, 0) is 51.3 Å². The lowest BCUT2D eigenvalue weighted by Gasteiger charge is -2.15. The molecule has 4 rings (SSSR count). The Hall–Kier alpha value is -3.18. The first-order valence-electron chi connectivity index (χ1n) is 9.92. The molecule has 0 unspecified atom stereocenters. The lowest BCUT2D eigenvalue weighted by Crippen LogP contribution is -2.29. The van der Waals surface area contributed by atoms with Gasteiger partial charge in [-0.15, -0.1) is 5.10 Å². The highest BCUT2D eigenvalue weighted by Crippen LogP contribution is 2.27. The molecule has 3 aromatic heterocycles. The predicted molar refractivity (Wildman–Crippen MR) is 115 cm³/mol. The summed E-state index contributed by atoms with van der Waals surface area (Å²) < 4.78 is 38.0. The number of rotatable bonds is 7. The van der Waals surface area contributed by atoms with E-state index in [1.54, 1.807) is 37.1 Å². The summed E-state index contributed by atoms with van der Waals surface area (Å²) in [6.45, 7) is 7.56. The highest BCUT2D eigenvalue weighted by Gasteiger charge is 2.28. The van der Waals surface area contributed by atoms with E-state index in [-0.39, 0.29) is 4.90 Å². The minimum Gasteiger partial charge on any atom is -0.424 e. The van der Waals surface area contributed by atoms with E-state index in [0.29, 0.717) is 35.5 Å². The zero-order valence-corrected chi connectivity index (χ0v) is 18.9. The molecule has 11 heteroatoms. The van der Waals surface area contributed by atoms with Crippen LogP contribution in [0.15, 0.2) is 35.4 Å². The average molecular weight is 444 g/mol. The predicted octanol–water partition coefficient (Wildman–Crippen LogP) is 2.96. The number of aromatic amines is 1. The SMILES string of the molecule is CCn1c(Oc2ccc3cc[nH]c3c2)nnc1[C@@H](C)NS(=O)(=O)c1c(C)nn(C)c1C. The van der Waals surface area contributed by atoms with Gasteiger partial charge in [0.1, 0.15) is 10.6 Å². The number of benzene rings is 1. The minimum atomic E-state index is -3.80. The minimum absolute atomic E-state index is 0.181. The molecule has 0 spiro atoms. The maximum atomic E-state index is 13.0. The summed E-state index contributed by atoms with van der Waals surface area (Å²) in [5, 5.41) is 13.6. The Morgan fingerprint density at radius 2 is 2.00 bits per heavy atom. The molecule has 0 aliphatic heterocycles. The molecule has 0 fully saturated rings. The average Bonchev–Trinajstić information content (AvgIpc) is 3.39. The number of hydrogen-bond acceptors (Lipinski definition) is 6. The van der Waals surface area contributed by atoms with Gasteiger partial charge in [0, 0.05) is 31.4 Å². The van der Waals surface area contributed by atoms with Gasteiger partial charge in [0.05, 0.1) is 17.4 Å². The molecule has 0 saturated heterocycles. The van der Waals surface area contributed by atoms with Crippen LogP contribution >= 0.6 is 0 Å². The van der Waals surface area contributed by atoms with E-state index in [1.807, 2.05) is 37.4 Å². The first-order valence-corrected chi connectivity index (χ1v) is 11.4. The second-order valence-corrected chi connectivity index (χ2v) is 9.03. The van der Waals surface area contributed by atoms with Crippen LogP contribution in [-0.2, 0) is 23.6 Å². The van der Waals surface area contributed by atoms with Gasteiger partial charge in [-0.2, -0.15) is 5.10 Å². The van der Waals surface area contributed by atoms with Crippen molar-refractivity contribution in [2.75, 3.05) is 0 Å². The van der Waals surface area contributed by atoms with Crippen molar-refractivity contribution in [2.24, 2.45) is 7.05 Å². The second kappa shape index (κ2) is 7.82. The summed E-state index contributed by atoms with van der Waals surface area (Å²) in [5.74, 6) is 1.07. The molecule has 10 nitrogen and oxygen atoms in total. The van der Waals surface area contributed by atoms with Crippen LogP contribution in [0, 0.1) is 13.8 Å². The number of aromatic nitrogens is 6. The molecular formula is C20H25N7O3S. The van der Waals surface area contributed by atoms with E-state index in [2.05, 4.69) is 25.0 Å². The number of sulfonamides is 1. The van der Waals surface area contributed by atoms with Crippen molar-refractivity contribution in [1.82, 2.24) is 34.3 Å². The Morgan fingerprint density at radius 3 is 2.68 bits per heavy atom. The lowest BCUT2D eigenvalue weighted by molar-refractivity contribution is 0.408. The molecular weight excluding hydrogens is 418 g/mol. The third kappa shape index (κ3) is 3.81. The van der Waals surface area contributed by atoms with Gasteiger partial charge in [0.15, 0.2) is 5.82 Å². The number of nitrogens with one attached hydrogen (secondary N) is 2. The summed E-state index contributed by atoms with van der Waals surface area (Å²) in [4.78, 5) is 3.32. The number of fused-ring (bicyclic) bond motifs is 1. The molecule has 1 aromatic carbocycles. The molecule has 164 valence electrons. The molecule has 31 heavy (non-hydrogen) atoms. The third-order valence-corrected chi connectivity index (χ3v) is 7.02. The van der Waals surface area contributed by atoms with Gasteiger partial charge >= 0.3 is 6.01 Å². The van der Waals surface area contributed by atoms with Crippen molar-refractivity contribution in [3.8, 4) is 11.8 Å². The van der Waals surface area contributed by atoms with Crippen molar-refractivity contribution in [1.29, 1.82) is 0 Å². The Balaban J connectivity index is 1.60. The summed E-state index contributed by atoms with van der Waals surface area (Å²) in [6, 6.07) is 7.33. The summed E-state index contributed by atoms with van der Waals surface area (Å²) in [5.41, 5.74) is 1.96. The molecule has 0 bridgehead atoms. The maximum Gasteiger partial charge on any atom is 0.322 e. The van der Waals surface area contributed by atoms with E-state index in [9.17, 15) is 8.42 Å². The molecule has 1 atom stereocenters. The van der Waals surface area contributed by atoms with Gasteiger partial charge < -0.3 is 9.72 Å². The van der Waals surface area contributed by atoms with E-state index in [4.69, 9.17) is 4.74 Å². The lowest BCUT2D eigenvalue weighted by atomic mass is 10.2. The smallest absolute Gasteiger partial charge is 0.322 e. The number of aryl methyl sites for hydroxylation is 2. The van der Waals surface area contributed by atoms with Gasteiger partial charge in [-0.25, -0.2) is 13.1 Å². The van der Waals surface area contributed by atoms with Crippen LogP contribution in [0.4, 0.5) is 0 Å². The topological polar surface area (TPSA) is 120 Å². The van der Waals surface area contributed by atoms with E-state index >= 15 is 0 Å². The molecule has 3 heterocycles. The van der Waals surface area contributed by atoms with Crippen LogP contribution in [-0.4, -0.2) is 37.9 Å². The van der Waals surface area contributed by atoms with Gasteiger partial charge in [0.2, 0.25) is 10.0 Å². The molecule has 0 amide bonds. The van der Waals surface area contributed by atoms with Crippen molar-refractivity contribution in [2.45, 2.75) is 45.2 Å². The quantitative estimate of drug-likeness (QED) is 0.453. The molecule has 0 aliphatic carbocycles. The molecule has 4 aromatic rings. The molecule has 0 radical (unpaired) electrons. The standard InChI is InChI=1S/C20H25N7O3S/c1-6-27-19(13(3)25-31(28,29)18-12(2)24-26(5)14(18)4)22-23-20(27)30-16-8-7-15-9-10-21-17(15)11-16/h7-11,13,21,25H,6H2,1-5H3/t13-/m1/s1. The van der Waals surface area contributed by atoms with Gasteiger partial charge in [-0.1, -0.05) is 5.10 Å². The molecule has 2 N–H and O–H groups in total. The van der Waals surface area contributed by atoms with Crippen molar-refractivity contribution >= 4 is 20.9 Å². The van der Waals surface area contributed by atoms with E-state index in [1.165, 1.54) is 0 Å². The largest absolute Gasteiger partial charge is 0.424 e. The zero-order chi connectivity index (χ0) is 22.3. The number of nitrogens with zero attached hydrogens (tertiary/aromatic N) is 5. The van der Waals surface area contributed by atoms with Crippen LogP contribution in [0.3, 0.4) is 0 Å². The fraction of sp³-hybridized carbons (Fsp3) is 0.350. The van der Waals surface area contributed by atoms with Crippen LogP contribution in [0.25, 0.3) is 10.9 Å². The number of H-pyrrole nitrogens is 1. The highest BCUT2D eigenvalue weighted by atomic mass is 32.2. The maximum absolute atomic E-state index is 13.0. The first-order chi connectivity index (χ1) is 14.7. The first kappa shape index (κ1) is 21.1. The van der Waals surface area contributed by atoms with Gasteiger partial charge in [0.25, 0.3) is 0 Å². The highest BCUT2D eigenvalue weighted by molar-refractivity contribution is 7.89. The van der Waals surface area contributed by atoms with Crippen LogP contribution in [0.5, 0.6) is 11.8 Å². The summed E-state index contributed by atoms with van der Waals surface area (Å²) >= 11 is 0. The van der Waals surface area contributed by atoms with Gasteiger partial charge in [-0.3, -0.25) is 9.25 Å². The second-order valence-electron chi connectivity index (χ2n) is 7.38. The zero-order valence-electron chi connectivity index (χ0n) is 18.0. The van der Waals surface area contributed by atoms with Crippen LogP contribution in [0.2, 0.25) is 0 Å². The summed E-state index contributed by atoms with van der Waals surface area (Å²) in [6.07, 6.45) is 1.86. The Bertz CT molecular complexity index is 1350. The van der Waals surface area contributed by atoms with Crippen LogP contribution < -0.4 is 9.46 Å². The number of ether oxygens (including phenoxy) is 1. The normalized spacial score (nSPS) is 13.1. The fourth-order valence-electron chi connectivity index (χ4n) is 3.68. The van der Waals surface area contributed by atoms with Crippen molar-refractivity contribution in [3.05, 3.63) is 47.7 Å². The Kier molecular flexibility index (Phi) is 5.31. The van der Waals surface area contributed by atoms with Crippen LogP contribution in [0.1, 0.15) is 37.1 Å². The van der Waals surface area contributed by atoms with E-state index < -0.39 is 16.1 Å². The molecule has 0 aliphatic rings. The summed E-state index contributed by atoms with van der Waals surface area (Å²) in [7, 11) is -2.09. The monoisotopic (exact) mass is 443 g/mol. The number of hydrogen-bond donors (Lipinski definition) is 2. The van der Waals surface area contributed by atoms with Crippen molar-refractivity contribution < 1.29 is 13.2 Å². The van der Waals surface area contributed by atoms with E-state index in [0.717, 1.165) is 10.9 Å².